The molecule has 3 heterocycles. The first kappa shape index (κ1) is 20.2. The summed E-state index contributed by atoms with van der Waals surface area (Å²) in [6, 6.07) is 33.3. The molecule has 0 fully saturated rings. The van der Waals surface area contributed by atoms with Crippen LogP contribution in [0.1, 0.15) is 11.3 Å². The summed E-state index contributed by atoms with van der Waals surface area (Å²) in [7, 11) is 0. The maximum atomic E-state index is 6.04. The molecule has 164 valence electrons. The Morgan fingerprint density at radius 1 is 0.676 bits per heavy atom. The molecule has 0 aliphatic heterocycles. The van der Waals surface area contributed by atoms with Crippen molar-refractivity contribution in [3.63, 3.8) is 0 Å². The highest BCUT2D eigenvalue weighted by Gasteiger charge is 2.14. The average molecular weight is 442 g/mol. The van der Waals surface area contributed by atoms with Crippen LogP contribution in [-0.2, 0) is 0 Å². The highest BCUT2D eigenvalue weighted by atomic mass is 16.5. The van der Waals surface area contributed by atoms with Gasteiger partial charge in [0.2, 0.25) is 5.88 Å². The Labute approximate surface area is 198 Å². The number of aryl methyl sites for hydroxylation is 2. The van der Waals surface area contributed by atoms with Crippen molar-refractivity contribution in [3.8, 4) is 28.6 Å². The van der Waals surface area contributed by atoms with Gasteiger partial charge < -0.3 is 4.74 Å². The molecule has 0 atom stereocenters. The fourth-order valence-electron chi connectivity index (χ4n) is 4.47. The summed E-state index contributed by atoms with van der Waals surface area (Å²) in [5.74, 6) is 2.28. The molecule has 4 heteroatoms. The summed E-state index contributed by atoms with van der Waals surface area (Å²) in [5.41, 5.74) is 6.59. The van der Waals surface area contributed by atoms with Crippen molar-refractivity contribution in [1.82, 2.24) is 14.5 Å². The summed E-state index contributed by atoms with van der Waals surface area (Å²) < 4.78 is 8.28. The Kier molecular flexibility index (Phi) is 4.84. The number of para-hydroxylation sites is 1. The molecule has 0 spiro atoms. The van der Waals surface area contributed by atoms with Gasteiger partial charge in [-0.3, -0.25) is 4.57 Å². The number of nitrogens with zero attached hydrogens (tertiary/aromatic N) is 3. The molecule has 0 radical (unpaired) electrons. The van der Waals surface area contributed by atoms with E-state index in [-0.39, 0.29) is 0 Å². The summed E-state index contributed by atoms with van der Waals surface area (Å²) >= 11 is 0. The van der Waals surface area contributed by atoms with Crippen LogP contribution in [0.25, 0.3) is 38.8 Å². The lowest BCUT2D eigenvalue weighted by Crippen LogP contribution is -1.98. The van der Waals surface area contributed by atoms with Crippen molar-refractivity contribution >= 4 is 21.8 Å². The summed E-state index contributed by atoms with van der Waals surface area (Å²) in [6.45, 7) is 4.06. The maximum Gasteiger partial charge on any atom is 0.219 e. The maximum absolute atomic E-state index is 6.04. The van der Waals surface area contributed by atoms with Gasteiger partial charge in [0.05, 0.1) is 11.0 Å². The van der Waals surface area contributed by atoms with E-state index in [9.17, 15) is 0 Å². The lowest BCUT2D eigenvalue weighted by Gasteiger charge is -2.10. The van der Waals surface area contributed by atoms with Crippen LogP contribution >= 0.6 is 0 Å². The zero-order chi connectivity index (χ0) is 23.1. The van der Waals surface area contributed by atoms with Crippen molar-refractivity contribution in [2.75, 3.05) is 0 Å². The summed E-state index contributed by atoms with van der Waals surface area (Å²) in [6.07, 6.45) is 1.76. The van der Waals surface area contributed by atoms with Crippen molar-refractivity contribution in [2.24, 2.45) is 0 Å². The predicted molar refractivity (Wildman–Crippen MR) is 138 cm³/mol. The molecule has 0 unspecified atom stereocenters. The van der Waals surface area contributed by atoms with Gasteiger partial charge in [-0.25, -0.2) is 9.97 Å². The third-order valence-electron chi connectivity index (χ3n) is 6.06. The van der Waals surface area contributed by atoms with Gasteiger partial charge >= 0.3 is 0 Å². The largest absolute Gasteiger partial charge is 0.439 e. The van der Waals surface area contributed by atoms with Crippen LogP contribution in [0.2, 0.25) is 0 Å². The number of ether oxygens (including phenoxy) is 1. The van der Waals surface area contributed by atoms with E-state index >= 15 is 0 Å². The van der Waals surface area contributed by atoms with Crippen molar-refractivity contribution in [3.05, 3.63) is 115 Å². The molecule has 0 aliphatic carbocycles. The number of pyridine rings is 2. The fraction of sp³-hybridized carbons (Fsp3) is 0.0667. The smallest absolute Gasteiger partial charge is 0.219 e. The summed E-state index contributed by atoms with van der Waals surface area (Å²) in [4.78, 5) is 9.14. The fourth-order valence-corrected chi connectivity index (χ4v) is 4.47. The van der Waals surface area contributed by atoms with Crippen LogP contribution in [-0.4, -0.2) is 14.5 Å². The zero-order valence-corrected chi connectivity index (χ0v) is 19.1. The molecular weight excluding hydrogens is 418 g/mol. The van der Waals surface area contributed by atoms with Gasteiger partial charge in [0, 0.05) is 28.7 Å². The van der Waals surface area contributed by atoms with Gasteiger partial charge in [0.1, 0.15) is 11.6 Å². The van der Waals surface area contributed by atoms with Crippen LogP contribution < -0.4 is 4.74 Å². The third kappa shape index (κ3) is 3.59. The molecule has 0 saturated heterocycles. The standard InChI is InChI=1S/C30H23N3O/c1-20-15-16-31-30(17-20)34-24-9-6-8-22(18-24)23-13-14-26-25-10-3-4-11-27(25)33(28(26)19-23)29-12-5-7-21(2)32-29/h3-19H,1-2H3. The van der Waals surface area contributed by atoms with Crippen molar-refractivity contribution in [2.45, 2.75) is 13.8 Å². The Morgan fingerprint density at radius 3 is 2.38 bits per heavy atom. The topological polar surface area (TPSA) is 39.9 Å². The van der Waals surface area contributed by atoms with E-state index in [0.717, 1.165) is 45.0 Å². The van der Waals surface area contributed by atoms with E-state index in [0.29, 0.717) is 5.88 Å². The lowest BCUT2D eigenvalue weighted by molar-refractivity contribution is 0.462. The third-order valence-corrected chi connectivity index (χ3v) is 6.06. The molecule has 4 nitrogen and oxygen atoms in total. The quantitative estimate of drug-likeness (QED) is 0.282. The number of hydrogen-bond donors (Lipinski definition) is 0. The second kappa shape index (κ2) is 8.16. The molecule has 0 aliphatic rings. The van der Waals surface area contributed by atoms with Crippen LogP contribution in [0.5, 0.6) is 11.6 Å². The second-order valence-corrected chi connectivity index (χ2v) is 8.52. The van der Waals surface area contributed by atoms with Crippen molar-refractivity contribution in [1.29, 1.82) is 0 Å². The number of benzene rings is 3. The molecule has 3 aromatic carbocycles. The van der Waals surface area contributed by atoms with E-state index < -0.39 is 0 Å². The molecule has 3 aromatic heterocycles. The molecule has 34 heavy (non-hydrogen) atoms. The van der Waals surface area contributed by atoms with Crippen LogP contribution in [0.3, 0.4) is 0 Å². The van der Waals surface area contributed by atoms with Gasteiger partial charge in [0.15, 0.2) is 0 Å². The van der Waals surface area contributed by atoms with Crippen LogP contribution in [0.4, 0.5) is 0 Å². The zero-order valence-electron chi connectivity index (χ0n) is 19.1. The normalized spacial score (nSPS) is 11.2. The lowest BCUT2D eigenvalue weighted by atomic mass is 10.0. The average Bonchev–Trinajstić information content (AvgIpc) is 3.18. The molecule has 0 bridgehead atoms. The van der Waals surface area contributed by atoms with E-state index in [1.807, 2.05) is 44.2 Å². The number of rotatable bonds is 4. The van der Waals surface area contributed by atoms with Gasteiger partial charge in [-0.05, 0) is 73.0 Å². The van der Waals surface area contributed by atoms with E-state index in [4.69, 9.17) is 9.72 Å². The number of fused-ring (bicyclic) bond motifs is 3. The first-order valence-electron chi connectivity index (χ1n) is 11.3. The predicted octanol–water partition coefficient (Wildman–Crippen LogP) is 7.65. The molecule has 0 N–H and O–H groups in total. The number of aromatic nitrogens is 3. The molecule has 6 rings (SSSR count). The Hall–Kier alpha value is -4.44. The van der Waals surface area contributed by atoms with E-state index in [1.54, 1.807) is 6.20 Å². The first-order valence-corrected chi connectivity index (χ1v) is 11.3. The number of hydrogen-bond acceptors (Lipinski definition) is 3. The SMILES string of the molecule is Cc1ccnc(Oc2cccc(-c3ccc4c5ccccc5n(-c5cccc(C)n5)c4c3)c2)c1. The molecule has 6 aromatic rings. The molecule has 0 saturated carbocycles. The van der Waals surface area contributed by atoms with Gasteiger partial charge in [0.25, 0.3) is 0 Å². The van der Waals surface area contributed by atoms with Gasteiger partial charge in [-0.1, -0.05) is 48.5 Å². The highest BCUT2D eigenvalue weighted by molar-refractivity contribution is 6.10. The van der Waals surface area contributed by atoms with Crippen LogP contribution in [0, 0.1) is 13.8 Å². The molecular formula is C30H23N3O. The van der Waals surface area contributed by atoms with Crippen molar-refractivity contribution < 1.29 is 4.74 Å². The Balaban J connectivity index is 1.49. The monoisotopic (exact) mass is 441 g/mol. The minimum Gasteiger partial charge on any atom is -0.439 e. The van der Waals surface area contributed by atoms with E-state index in [2.05, 4.69) is 76.3 Å². The first-order chi connectivity index (χ1) is 16.7. The minimum absolute atomic E-state index is 0.596. The Bertz CT molecular complexity index is 1670. The second-order valence-electron chi connectivity index (χ2n) is 8.52. The van der Waals surface area contributed by atoms with E-state index in [1.165, 1.54) is 10.8 Å². The Morgan fingerprint density at radius 2 is 1.50 bits per heavy atom. The minimum atomic E-state index is 0.596. The van der Waals surface area contributed by atoms with Gasteiger partial charge in [-0.15, -0.1) is 0 Å². The molecule has 0 amide bonds. The highest BCUT2D eigenvalue weighted by Crippen LogP contribution is 2.35. The summed E-state index contributed by atoms with van der Waals surface area (Å²) in [5, 5.41) is 2.42. The van der Waals surface area contributed by atoms with Crippen LogP contribution in [0.15, 0.2) is 103 Å². The van der Waals surface area contributed by atoms with Gasteiger partial charge in [-0.2, -0.15) is 0 Å².